The summed E-state index contributed by atoms with van der Waals surface area (Å²) in [4.78, 5) is 22.7. The second-order valence-electron chi connectivity index (χ2n) is 5.10. The summed E-state index contributed by atoms with van der Waals surface area (Å²) in [5.74, 6) is -0.660. The van der Waals surface area contributed by atoms with Crippen molar-refractivity contribution in [3.8, 4) is 0 Å². The summed E-state index contributed by atoms with van der Waals surface area (Å²) in [6, 6.07) is 6.11. The minimum absolute atomic E-state index is 0.0648. The van der Waals surface area contributed by atoms with Gasteiger partial charge in [0.1, 0.15) is 6.10 Å². The van der Waals surface area contributed by atoms with Crippen LogP contribution in [0.2, 0.25) is 0 Å². The van der Waals surface area contributed by atoms with Crippen molar-refractivity contribution in [2.24, 2.45) is 0 Å². The predicted octanol–water partition coefficient (Wildman–Crippen LogP) is 1.82. The molecule has 0 fully saturated rings. The third kappa shape index (κ3) is 10.6. The number of anilines is 1. The van der Waals surface area contributed by atoms with Crippen molar-refractivity contribution in [2.45, 2.75) is 33.2 Å². The lowest BCUT2D eigenvalue weighted by Crippen LogP contribution is -2.23. The van der Waals surface area contributed by atoms with Crippen LogP contribution in [0.1, 0.15) is 31.1 Å². The van der Waals surface area contributed by atoms with E-state index >= 15 is 0 Å². The summed E-state index contributed by atoms with van der Waals surface area (Å²) in [6.07, 6.45) is -0.261. The Bertz CT molecular complexity index is 652. The molecule has 1 amide bonds. The molecule has 1 unspecified atom stereocenters. The molecule has 8 nitrogen and oxygen atoms in total. The summed E-state index contributed by atoms with van der Waals surface area (Å²) in [5, 5.41) is 2.56. The lowest BCUT2D eigenvalue weighted by atomic mass is 10.1. The van der Waals surface area contributed by atoms with Crippen LogP contribution in [-0.4, -0.2) is 53.0 Å². The minimum Gasteiger partial charge on any atom is -0.356 e. The summed E-state index contributed by atoms with van der Waals surface area (Å²) in [7, 11) is -0.468. The first kappa shape index (κ1) is 23.2. The molecule has 1 N–H and O–H groups in total. The van der Waals surface area contributed by atoms with E-state index in [1.807, 2.05) is 6.92 Å². The molecule has 9 heteroatoms. The van der Waals surface area contributed by atoms with E-state index in [1.165, 1.54) is 26.0 Å². The number of nitrogens with one attached hydrogen (secondary N) is 1. The van der Waals surface area contributed by atoms with Gasteiger partial charge in [-0.2, -0.15) is 8.42 Å². The van der Waals surface area contributed by atoms with Crippen LogP contribution in [0.3, 0.4) is 0 Å². The van der Waals surface area contributed by atoms with Crippen molar-refractivity contribution in [1.29, 1.82) is 0 Å². The maximum absolute atomic E-state index is 11.9. The normalized spacial score (nSPS) is 12.1. The summed E-state index contributed by atoms with van der Waals surface area (Å²) in [6.45, 7) is 4.58. The Labute approximate surface area is 148 Å². The van der Waals surface area contributed by atoms with Crippen LogP contribution in [-0.2, 0) is 28.6 Å². The molecular weight excluding hydrogens is 350 g/mol. The van der Waals surface area contributed by atoms with Gasteiger partial charge in [0, 0.05) is 32.4 Å². The highest BCUT2D eigenvalue weighted by atomic mass is 32.2. The standard InChI is InChI=1S/C12H15NO5S.C4H10O2/c1-8(18-19(3,16)17)12(15)10-4-6-11(7-5-10)13-9(2)14;1-4(5-2)6-3/h4-8H,1-3H3,(H,13,14);4H,1-3H3. The highest BCUT2D eigenvalue weighted by Crippen LogP contribution is 2.13. The summed E-state index contributed by atoms with van der Waals surface area (Å²) < 4.78 is 35.8. The quantitative estimate of drug-likeness (QED) is 0.440. The van der Waals surface area contributed by atoms with E-state index in [2.05, 4.69) is 19.0 Å². The van der Waals surface area contributed by atoms with Crippen molar-refractivity contribution in [3.63, 3.8) is 0 Å². The first-order valence-electron chi connectivity index (χ1n) is 7.35. The van der Waals surface area contributed by atoms with Crippen LogP contribution >= 0.6 is 0 Å². The second-order valence-corrected chi connectivity index (χ2v) is 6.71. The van der Waals surface area contributed by atoms with Crippen LogP contribution in [0.5, 0.6) is 0 Å². The van der Waals surface area contributed by atoms with E-state index in [9.17, 15) is 18.0 Å². The van der Waals surface area contributed by atoms with Gasteiger partial charge in [-0.25, -0.2) is 0 Å². The highest BCUT2D eigenvalue weighted by molar-refractivity contribution is 7.86. The molecule has 0 saturated heterocycles. The second kappa shape index (κ2) is 10.9. The van der Waals surface area contributed by atoms with Gasteiger partial charge in [0.25, 0.3) is 10.1 Å². The van der Waals surface area contributed by atoms with Gasteiger partial charge in [-0.05, 0) is 38.1 Å². The van der Waals surface area contributed by atoms with Gasteiger partial charge in [0.05, 0.1) is 6.26 Å². The van der Waals surface area contributed by atoms with E-state index in [4.69, 9.17) is 0 Å². The SMILES string of the molecule is CC(=O)Nc1ccc(C(=O)C(C)OS(C)(=O)=O)cc1.COC(C)OC. The number of carbonyl (C=O) groups excluding carboxylic acids is 2. The van der Waals surface area contributed by atoms with Crippen LogP contribution in [0.4, 0.5) is 5.69 Å². The van der Waals surface area contributed by atoms with Crippen molar-refractivity contribution >= 4 is 27.5 Å². The van der Waals surface area contributed by atoms with Crippen molar-refractivity contribution in [3.05, 3.63) is 29.8 Å². The number of benzene rings is 1. The third-order valence-corrected chi connectivity index (χ3v) is 3.48. The van der Waals surface area contributed by atoms with Crippen LogP contribution in [0.15, 0.2) is 24.3 Å². The molecule has 0 heterocycles. The molecule has 0 saturated carbocycles. The lowest BCUT2D eigenvalue weighted by molar-refractivity contribution is -0.114. The van der Waals surface area contributed by atoms with Crippen molar-refractivity contribution in [2.75, 3.05) is 25.8 Å². The fraction of sp³-hybridized carbons (Fsp3) is 0.500. The molecule has 1 rings (SSSR count). The Morgan fingerprint density at radius 2 is 1.52 bits per heavy atom. The van der Waals surface area contributed by atoms with E-state index < -0.39 is 22.0 Å². The first-order valence-corrected chi connectivity index (χ1v) is 9.17. The zero-order valence-electron chi connectivity index (χ0n) is 15.2. The Kier molecular flexibility index (Phi) is 10.1. The lowest BCUT2D eigenvalue weighted by Gasteiger charge is -2.10. The van der Waals surface area contributed by atoms with E-state index in [0.29, 0.717) is 11.3 Å². The zero-order chi connectivity index (χ0) is 19.6. The van der Waals surface area contributed by atoms with E-state index in [0.717, 1.165) is 6.26 Å². The minimum atomic E-state index is -3.68. The molecule has 1 aromatic rings. The van der Waals surface area contributed by atoms with Gasteiger partial charge in [-0.3, -0.25) is 13.8 Å². The van der Waals surface area contributed by atoms with Crippen LogP contribution in [0, 0.1) is 0 Å². The third-order valence-electron chi connectivity index (χ3n) is 2.84. The van der Waals surface area contributed by atoms with Crippen LogP contribution < -0.4 is 5.32 Å². The summed E-state index contributed by atoms with van der Waals surface area (Å²) >= 11 is 0. The average Bonchev–Trinajstić information content (AvgIpc) is 2.52. The number of amides is 1. The Morgan fingerprint density at radius 1 is 1.04 bits per heavy atom. The molecule has 0 aromatic heterocycles. The van der Waals surface area contributed by atoms with Gasteiger partial charge in [0.2, 0.25) is 5.91 Å². The number of hydrogen-bond donors (Lipinski definition) is 1. The van der Waals surface area contributed by atoms with Crippen molar-refractivity contribution in [1.82, 2.24) is 0 Å². The largest absolute Gasteiger partial charge is 0.356 e. The van der Waals surface area contributed by atoms with Gasteiger partial charge in [-0.15, -0.1) is 0 Å². The topological polar surface area (TPSA) is 108 Å². The fourth-order valence-corrected chi connectivity index (χ4v) is 2.17. The number of methoxy groups -OCH3 is 2. The first-order chi connectivity index (χ1) is 11.5. The molecule has 1 aromatic carbocycles. The molecule has 0 aliphatic carbocycles. The zero-order valence-corrected chi connectivity index (χ0v) is 16.0. The van der Waals surface area contributed by atoms with Gasteiger partial charge < -0.3 is 14.8 Å². The molecular formula is C16H25NO7S. The molecule has 0 radical (unpaired) electrons. The number of carbonyl (C=O) groups is 2. The number of rotatable bonds is 7. The molecule has 0 spiro atoms. The molecule has 0 aliphatic heterocycles. The highest BCUT2D eigenvalue weighted by Gasteiger charge is 2.20. The maximum atomic E-state index is 11.9. The van der Waals surface area contributed by atoms with E-state index in [-0.39, 0.29) is 12.2 Å². The Balaban J connectivity index is 0.000000823. The molecule has 142 valence electrons. The monoisotopic (exact) mass is 375 g/mol. The smallest absolute Gasteiger partial charge is 0.265 e. The number of ether oxygens (including phenoxy) is 2. The maximum Gasteiger partial charge on any atom is 0.265 e. The Morgan fingerprint density at radius 3 is 1.84 bits per heavy atom. The fourth-order valence-electron chi connectivity index (χ4n) is 1.56. The van der Waals surface area contributed by atoms with Gasteiger partial charge >= 0.3 is 0 Å². The van der Waals surface area contributed by atoms with Crippen molar-refractivity contribution < 1.29 is 31.7 Å². The van der Waals surface area contributed by atoms with E-state index in [1.54, 1.807) is 26.4 Å². The molecule has 25 heavy (non-hydrogen) atoms. The molecule has 0 bridgehead atoms. The number of Topliss-reactive ketones (excluding diaryl/α,β-unsaturated/α-hetero) is 1. The molecule has 1 atom stereocenters. The average molecular weight is 375 g/mol. The Hall–Kier alpha value is -1.81. The van der Waals surface area contributed by atoms with Crippen LogP contribution in [0.25, 0.3) is 0 Å². The summed E-state index contributed by atoms with van der Waals surface area (Å²) in [5.41, 5.74) is 0.867. The molecule has 0 aliphatic rings. The predicted molar refractivity (Wildman–Crippen MR) is 93.9 cm³/mol. The van der Waals surface area contributed by atoms with Gasteiger partial charge in [-0.1, -0.05) is 0 Å². The number of hydrogen-bond acceptors (Lipinski definition) is 7. The number of ketones is 1. The van der Waals surface area contributed by atoms with Gasteiger partial charge in [0.15, 0.2) is 12.1 Å².